The zero-order chi connectivity index (χ0) is 24.9. The van der Waals surface area contributed by atoms with Crippen LogP contribution in [0, 0.1) is 5.92 Å². The van der Waals surface area contributed by atoms with Gasteiger partial charge in [0.1, 0.15) is 11.6 Å². The van der Waals surface area contributed by atoms with Gasteiger partial charge in [-0.15, -0.1) is 0 Å². The monoisotopic (exact) mass is 471 g/mol. The van der Waals surface area contributed by atoms with E-state index in [-0.39, 0.29) is 23.9 Å². The number of carbonyl (C=O) groups is 2. The van der Waals surface area contributed by atoms with E-state index >= 15 is 0 Å². The number of aromatic nitrogens is 4. The van der Waals surface area contributed by atoms with Crippen molar-refractivity contribution in [2.75, 3.05) is 15.5 Å². The Hall–Kier alpha value is -4.14. The molecule has 1 aliphatic rings. The lowest BCUT2D eigenvalue weighted by atomic mass is 10.0. The van der Waals surface area contributed by atoms with Crippen LogP contribution in [0.5, 0.6) is 0 Å². The van der Waals surface area contributed by atoms with Gasteiger partial charge in [-0.1, -0.05) is 32.6 Å². The Morgan fingerprint density at radius 1 is 1.14 bits per heavy atom. The van der Waals surface area contributed by atoms with Gasteiger partial charge in [0.2, 0.25) is 17.8 Å². The van der Waals surface area contributed by atoms with Crippen LogP contribution in [0.2, 0.25) is 0 Å². The quantitative estimate of drug-likeness (QED) is 0.469. The maximum absolute atomic E-state index is 12.5. The zero-order valence-corrected chi connectivity index (χ0v) is 20.1. The fourth-order valence-corrected chi connectivity index (χ4v) is 4.13. The highest BCUT2D eigenvalue weighted by molar-refractivity contribution is 5.99. The Bertz CT molecular complexity index is 1230. The van der Waals surface area contributed by atoms with Crippen molar-refractivity contribution >= 4 is 29.3 Å². The van der Waals surface area contributed by atoms with Crippen molar-refractivity contribution < 1.29 is 9.59 Å². The van der Waals surface area contributed by atoms with Crippen LogP contribution in [0.4, 0.5) is 17.5 Å². The van der Waals surface area contributed by atoms with Crippen LogP contribution in [-0.2, 0) is 9.59 Å². The Morgan fingerprint density at radius 2 is 1.91 bits per heavy atom. The van der Waals surface area contributed by atoms with Gasteiger partial charge in [-0.2, -0.15) is 4.98 Å². The van der Waals surface area contributed by atoms with Crippen LogP contribution in [0.15, 0.2) is 61.6 Å². The Labute approximate surface area is 204 Å². The molecule has 1 aliphatic heterocycles. The number of hydrogen-bond acceptors (Lipinski definition) is 7. The Morgan fingerprint density at radius 3 is 2.63 bits per heavy atom. The molecule has 0 saturated carbocycles. The second-order valence-electron chi connectivity index (χ2n) is 8.82. The van der Waals surface area contributed by atoms with Gasteiger partial charge < -0.3 is 10.6 Å². The van der Waals surface area contributed by atoms with Gasteiger partial charge in [0, 0.05) is 42.3 Å². The molecule has 2 N–H and O–H groups in total. The lowest BCUT2D eigenvalue weighted by Crippen LogP contribution is -2.37. The molecule has 1 aromatic carbocycles. The second kappa shape index (κ2) is 10.4. The number of hydrogen-bond donors (Lipinski definition) is 2. The molecule has 0 spiro atoms. The van der Waals surface area contributed by atoms with Crippen molar-refractivity contribution in [2.45, 2.75) is 45.7 Å². The summed E-state index contributed by atoms with van der Waals surface area (Å²) in [4.78, 5) is 43.8. The first-order valence-corrected chi connectivity index (χ1v) is 11.6. The van der Waals surface area contributed by atoms with E-state index in [9.17, 15) is 9.59 Å². The van der Waals surface area contributed by atoms with Gasteiger partial charge in [0.05, 0.1) is 6.04 Å². The summed E-state index contributed by atoms with van der Waals surface area (Å²) in [6.45, 7) is 9.63. The summed E-state index contributed by atoms with van der Waals surface area (Å²) >= 11 is 0. The molecule has 3 heterocycles. The molecular formula is C26H29N7O2. The van der Waals surface area contributed by atoms with Crippen LogP contribution >= 0.6 is 0 Å². The van der Waals surface area contributed by atoms with Gasteiger partial charge in [-0.05, 0) is 49.1 Å². The van der Waals surface area contributed by atoms with E-state index in [2.05, 4.69) is 51.0 Å². The average molecular weight is 472 g/mol. The average Bonchev–Trinajstić information content (AvgIpc) is 3.26. The third-order valence-corrected chi connectivity index (χ3v) is 5.97. The standard InChI is InChI=1S/C26H29N7O2/c1-5-23(34)31-20-8-6-7-18(13-20)19-14-28-25(29-15-19)17(4)30-26-27-12-11-22(32-26)33-21(16(2)3)9-10-24(33)35/h5-8,11-17,21H,1,9-10H2,2-4H3,(H,31,34)(H,27,30,32)/t17-,21+/m0/s1. The number of anilines is 3. The molecule has 9 heteroatoms. The molecule has 1 fully saturated rings. The highest BCUT2D eigenvalue weighted by Gasteiger charge is 2.35. The topological polar surface area (TPSA) is 113 Å². The number of rotatable bonds is 8. The minimum absolute atomic E-state index is 0.0912. The van der Waals surface area contributed by atoms with Crippen molar-refractivity contribution in [2.24, 2.45) is 5.92 Å². The molecule has 4 rings (SSSR count). The first-order chi connectivity index (χ1) is 16.9. The summed E-state index contributed by atoms with van der Waals surface area (Å²) in [5.41, 5.74) is 2.37. The van der Waals surface area contributed by atoms with Crippen LogP contribution in [0.1, 0.15) is 45.5 Å². The first kappa shape index (κ1) is 24.0. The zero-order valence-electron chi connectivity index (χ0n) is 20.1. The second-order valence-corrected chi connectivity index (χ2v) is 8.82. The smallest absolute Gasteiger partial charge is 0.247 e. The van der Waals surface area contributed by atoms with Crippen molar-refractivity contribution in [1.29, 1.82) is 0 Å². The highest BCUT2D eigenvalue weighted by Crippen LogP contribution is 2.30. The van der Waals surface area contributed by atoms with E-state index in [4.69, 9.17) is 0 Å². The molecule has 0 radical (unpaired) electrons. The van der Waals surface area contributed by atoms with Gasteiger partial charge in [0.25, 0.3) is 0 Å². The molecule has 0 unspecified atom stereocenters. The van der Waals surface area contributed by atoms with Gasteiger partial charge in [0.15, 0.2) is 0 Å². The van der Waals surface area contributed by atoms with Crippen LogP contribution in [-0.4, -0.2) is 37.8 Å². The van der Waals surface area contributed by atoms with Crippen molar-refractivity contribution in [3.8, 4) is 11.1 Å². The largest absolute Gasteiger partial charge is 0.344 e. The summed E-state index contributed by atoms with van der Waals surface area (Å²) in [6, 6.07) is 9.09. The van der Waals surface area contributed by atoms with Crippen LogP contribution in [0.25, 0.3) is 11.1 Å². The van der Waals surface area contributed by atoms with Crippen molar-refractivity contribution in [1.82, 2.24) is 19.9 Å². The third kappa shape index (κ3) is 5.51. The predicted octanol–water partition coefficient (Wildman–Crippen LogP) is 4.38. The predicted molar refractivity (Wildman–Crippen MR) is 136 cm³/mol. The fraction of sp³-hybridized carbons (Fsp3) is 0.308. The minimum Gasteiger partial charge on any atom is -0.344 e. The molecular weight excluding hydrogens is 442 g/mol. The van der Waals surface area contributed by atoms with Gasteiger partial charge >= 0.3 is 0 Å². The Balaban J connectivity index is 1.47. The van der Waals surface area contributed by atoms with Crippen LogP contribution < -0.4 is 15.5 Å². The molecule has 2 aromatic heterocycles. The minimum atomic E-state index is -0.270. The maximum Gasteiger partial charge on any atom is 0.247 e. The summed E-state index contributed by atoms with van der Waals surface area (Å²) < 4.78 is 0. The lowest BCUT2D eigenvalue weighted by Gasteiger charge is -2.27. The Kier molecular flexibility index (Phi) is 7.14. The molecule has 1 saturated heterocycles. The molecule has 35 heavy (non-hydrogen) atoms. The van der Waals surface area contributed by atoms with Crippen molar-refractivity contribution in [3.05, 3.63) is 67.4 Å². The number of amides is 2. The number of carbonyl (C=O) groups excluding carboxylic acids is 2. The number of nitrogens with one attached hydrogen (secondary N) is 2. The molecule has 0 bridgehead atoms. The summed E-state index contributed by atoms with van der Waals surface area (Å²) in [5, 5.41) is 5.98. The summed E-state index contributed by atoms with van der Waals surface area (Å²) in [7, 11) is 0. The SMILES string of the molecule is C=CC(=O)Nc1cccc(-c2cnc([C@H](C)Nc3nccc(N4C(=O)CC[C@@H]4C(C)C)n3)nc2)c1. The van der Waals surface area contributed by atoms with Gasteiger partial charge in [-0.3, -0.25) is 14.5 Å². The lowest BCUT2D eigenvalue weighted by molar-refractivity contribution is -0.117. The van der Waals surface area contributed by atoms with E-state index in [0.29, 0.717) is 35.6 Å². The third-order valence-electron chi connectivity index (χ3n) is 5.97. The normalized spacial score (nSPS) is 16.3. The molecule has 180 valence electrons. The van der Waals surface area contributed by atoms with E-state index in [1.807, 2.05) is 25.1 Å². The van der Waals surface area contributed by atoms with E-state index in [1.54, 1.807) is 35.6 Å². The van der Waals surface area contributed by atoms with Gasteiger partial charge in [-0.25, -0.2) is 15.0 Å². The maximum atomic E-state index is 12.5. The van der Waals surface area contributed by atoms with Crippen molar-refractivity contribution in [3.63, 3.8) is 0 Å². The molecule has 0 aliphatic carbocycles. The molecule has 2 amide bonds. The molecule has 9 nitrogen and oxygen atoms in total. The summed E-state index contributed by atoms with van der Waals surface area (Å²) in [5.74, 6) is 1.77. The first-order valence-electron chi connectivity index (χ1n) is 11.6. The fourth-order valence-electron chi connectivity index (χ4n) is 4.13. The van der Waals surface area contributed by atoms with E-state index in [1.165, 1.54) is 6.08 Å². The molecule has 3 aromatic rings. The van der Waals surface area contributed by atoms with E-state index in [0.717, 1.165) is 17.5 Å². The number of nitrogens with zero attached hydrogens (tertiary/aromatic N) is 5. The van der Waals surface area contributed by atoms with Crippen LogP contribution in [0.3, 0.4) is 0 Å². The highest BCUT2D eigenvalue weighted by atomic mass is 16.2. The molecule has 2 atom stereocenters. The van der Waals surface area contributed by atoms with E-state index < -0.39 is 0 Å². The summed E-state index contributed by atoms with van der Waals surface area (Å²) in [6.07, 6.45) is 7.73. The number of benzene rings is 1.